The number of carbonyl (C=O) groups excluding carboxylic acids is 1. The molecule has 0 atom stereocenters. The Morgan fingerprint density at radius 3 is 2.36 bits per heavy atom. The van der Waals surface area contributed by atoms with Gasteiger partial charge < -0.3 is 10.2 Å². The Bertz CT molecular complexity index is 629. The normalized spacial score (nSPS) is 11.0. The van der Waals surface area contributed by atoms with E-state index >= 15 is 0 Å². The fraction of sp³-hybridized carbons (Fsp3) is 0.389. The maximum atomic E-state index is 12.2. The largest absolute Gasteiger partial charge is 0.347 e. The highest BCUT2D eigenvalue weighted by molar-refractivity contribution is 7.14. The van der Waals surface area contributed by atoms with Gasteiger partial charge in [0.2, 0.25) is 0 Å². The van der Waals surface area contributed by atoms with E-state index in [1.54, 1.807) is 11.3 Å². The standard InChI is InChI=1S/C18H24N2OS/c1-5-16-13(2)10-17(22-16)18(21)19-11-14-6-8-15(9-7-14)12-20(3)4/h6-10H,5,11-12H2,1-4H3,(H,19,21). The second-order valence-corrected chi connectivity index (χ2v) is 6.94. The first-order valence-corrected chi connectivity index (χ1v) is 8.41. The summed E-state index contributed by atoms with van der Waals surface area (Å²) in [5.41, 5.74) is 3.62. The summed E-state index contributed by atoms with van der Waals surface area (Å²) in [5, 5.41) is 3.00. The van der Waals surface area contributed by atoms with E-state index in [2.05, 4.69) is 62.4 Å². The lowest BCUT2D eigenvalue weighted by atomic mass is 10.1. The van der Waals surface area contributed by atoms with Gasteiger partial charge in [0.15, 0.2) is 0 Å². The van der Waals surface area contributed by atoms with Crippen LogP contribution < -0.4 is 5.32 Å². The molecule has 0 aliphatic rings. The molecule has 0 saturated carbocycles. The summed E-state index contributed by atoms with van der Waals surface area (Å²) in [7, 11) is 4.11. The highest BCUT2D eigenvalue weighted by Crippen LogP contribution is 2.22. The minimum atomic E-state index is 0.0187. The molecule has 2 rings (SSSR count). The number of carbonyl (C=O) groups is 1. The van der Waals surface area contributed by atoms with Crippen LogP contribution in [0.25, 0.3) is 0 Å². The summed E-state index contributed by atoms with van der Waals surface area (Å²) in [6, 6.07) is 10.4. The molecule has 0 bridgehead atoms. The van der Waals surface area contributed by atoms with Crippen molar-refractivity contribution in [3.8, 4) is 0 Å². The van der Waals surface area contributed by atoms with Gasteiger partial charge in [-0.3, -0.25) is 4.79 Å². The molecule has 1 N–H and O–H groups in total. The van der Waals surface area contributed by atoms with Crippen LogP contribution in [0.1, 0.15) is 38.2 Å². The number of amides is 1. The molecule has 0 unspecified atom stereocenters. The van der Waals surface area contributed by atoms with Gasteiger partial charge in [-0.05, 0) is 50.2 Å². The molecule has 0 fully saturated rings. The van der Waals surface area contributed by atoms with Crippen molar-refractivity contribution < 1.29 is 4.79 Å². The Labute approximate surface area is 137 Å². The average molecular weight is 316 g/mol. The molecule has 1 aromatic carbocycles. The monoisotopic (exact) mass is 316 g/mol. The lowest BCUT2D eigenvalue weighted by Gasteiger charge is -2.10. The SMILES string of the molecule is CCc1sc(C(=O)NCc2ccc(CN(C)C)cc2)cc1C. The van der Waals surface area contributed by atoms with Gasteiger partial charge in [-0.15, -0.1) is 11.3 Å². The number of rotatable bonds is 6. The Kier molecular flexibility index (Phi) is 5.75. The number of hydrogen-bond donors (Lipinski definition) is 1. The minimum absolute atomic E-state index is 0.0187. The number of thiophene rings is 1. The zero-order chi connectivity index (χ0) is 16.1. The molecule has 0 aliphatic heterocycles. The van der Waals surface area contributed by atoms with E-state index in [9.17, 15) is 4.79 Å². The van der Waals surface area contributed by atoms with Crippen molar-refractivity contribution in [1.82, 2.24) is 10.2 Å². The van der Waals surface area contributed by atoms with Crippen LogP contribution in [-0.2, 0) is 19.5 Å². The van der Waals surface area contributed by atoms with Crippen LogP contribution in [0.4, 0.5) is 0 Å². The highest BCUT2D eigenvalue weighted by atomic mass is 32.1. The number of nitrogens with one attached hydrogen (secondary N) is 1. The van der Waals surface area contributed by atoms with Crippen LogP contribution >= 0.6 is 11.3 Å². The van der Waals surface area contributed by atoms with Crippen LogP contribution in [0, 0.1) is 6.92 Å². The molecule has 1 amide bonds. The fourth-order valence-electron chi connectivity index (χ4n) is 2.38. The van der Waals surface area contributed by atoms with Gasteiger partial charge in [-0.1, -0.05) is 31.2 Å². The highest BCUT2D eigenvalue weighted by Gasteiger charge is 2.11. The molecule has 0 radical (unpaired) electrons. The van der Waals surface area contributed by atoms with E-state index in [1.165, 1.54) is 16.0 Å². The minimum Gasteiger partial charge on any atom is -0.347 e. The van der Waals surface area contributed by atoms with E-state index in [0.717, 1.165) is 23.4 Å². The average Bonchev–Trinajstić information content (AvgIpc) is 2.87. The third kappa shape index (κ3) is 4.42. The molecule has 2 aromatic rings. The molecule has 22 heavy (non-hydrogen) atoms. The number of hydrogen-bond acceptors (Lipinski definition) is 3. The third-order valence-electron chi connectivity index (χ3n) is 3.54. The summed E-state index contributed by atoms with van der Waals surface area (Å²) in [4.78, 5) is 16.4. The Balaban J connectivity index is 1.93. The zero-order valence-corrected chi connectivity index (χ0v) is 14.6. The van der Waals surface area contributed by atoms with Crippen LogP contribution in [0.15, 0.2) is 30.3 Å². The maximum Gasteiger partial charge on any atom is 0.261 e. The van der Waals surface area contributed by atoms with Crippen LogP contribution in [0.3, 0.4) is 0 Å². The Morgan fingerprint density at radius 2 is 1.82 bits per heavy atom. The van der Waals surface area contributed by atoms with Crippen molar-refractivity contribution >= 4 is 17.2 Å². The Morgan fingerprint density at radius 1 is 1.18 bits per heavy atom. The molecule has 1 aromatic heterocycles. The zero-order valence-electron chi connectivity index (χ0n) is 13.8. The molecule has 0 saturated heterocycles. The van der Waals surface area contributed by atoms with Gasteiger partial charge in [0.05, 0.1) is 4.88 Å². The van der Waals surface area contributed by atoms with E-state index in [1.807, 2.05) is 6.07 Å². The second kappa shape index (κ2) is 7.56. The number of benzene rings is 1. The first kappa shape index (κ1) is 16.7. The molecule has 4 heteroatoms. The van der Waals surface area contributed by atoms with Crippen molar-refractivity contribution in [2.45, 2.75) is 33.4 Å². The van der Waals surface area contributed by atoms with E-state index in [0.29, 0.717) is 6.54 Å². The summed E-state index contributed by atoms with van der Waals surface area (Å²) in [6.07, 6.45) is 0.983. The van der Waals surface area contributed by atoms with Crippen molar-refractivity contribution in [3.05, 3.63) is 56.8 Å². The van der Waals surface area contributed by atoms with E-state index in [-0.39, 0.29) is 5.91 Å². The number of aryl methyl sites for hydroxylation is 2. The molecule has 0 spiro atoms. The predicted octanol–water partition coefficient (Wildman–Crippen LogP) is 3.61. The summed E-state index contributed by atoms with van der Waals surface area (Å²) >= 11 is 1.59. The van der Waals surface area contributed by atoms with Crippen LogP contribution in [-0.4, -0.2) is 24.9 Å². The van der Waals surface area contributed by atoms with Crippen molar-refractivity contribution in [2.24, 2.45) is 0 Å². The molecule has 1 heterocycles. The quantitative estimate of drug-likeness (QED) is 0.883. The second-order valence-electron chi connectivity index (χ2n) is 5.81. The smallest absolute Gasteiger partial charge is 0.261 e. The van der Waals surface area contributed by atoms with Crippen molar-refractivity contribution in [1.29, 1.82) is 0 Å². The van der Waals surface area contributed by atoms with Crippen LogP contribution in [0.2, 0.25) is 0 Å². The van der Waals surface area contributed by atoms with Gasteiger partial charge in [-0.2, -0.15) is 0 Å². The van der Waals surface area contributed by atoms with Gasteiger partial charge in [-0.25, -0.2) is 0 Å². The van der Waals surface area contributed by atoms with Gasteiger partial charge in [0, 0.05) is 18.0 Å². The van der Waals surface area contributed by atoms with Gasteiger partial charge in [0.1, 0.15) is 0 Å². The first-order chi connectivity index (χ1) is 10.5. The van der Waals surface area contributed by atoms with Crippen LogP contribution in [0.5, 0.6) is 0 Å². The summed E-state index contributed by atoms with van der Waals surface area (Å²) in [5.74, 6) is 0.0187. The molecular formula is C18H24N2OS. The Hall–Kier alpha value is -1.65. The summed E-state index contributed by atoms with van der Waals surface area (Å²) in [6.45, 7) is 5.69. The fourth-order valence-corrected chi connectivity index (χ4v) is 3.41. The molecule has 118 valence electrons. The van der Waals surface area contributed by atoms with E-state index < -0.39 is 0 Å². The number of nitrogens with zero attached hydrogens (tertiary/aromatic N) is 1. The van der Waals surface area contributed by atoms with Crippen molar-refractivity contribution in [2.75, 3.05) is 14.1 Å². The lowest BCUT2D eigenvalue weighted by Crippen LogP contribution is -2.21. The maximum absolute atomic E-state index is 12.2. The predicted molar refractivity (Wildman–Crippen MR) is 93.4 cm³/mol. The topological polar surface area (TPSA) is 32.3 Å². The first-order valence-electron chi connectivity index (χ1n) is 7.59. The summed E-state index contributed by atoms with van der Waals surface area (Å²) < 4.78 is 0. The van der Waals surface area contributed by atoms with E-state index in [4.69, 9.17) is 0 Å². The van der Waals surface area contributed by atoms with Crippen molar-refractivity contribution in [3.63, 3.8) is 0 Å². The van der Waals surface area contributed by atoms with Gasteiger partial charge in [0.25, 0.3) is 5.91 Å². The third-order valence-corrected chi connectivity index (χ3v) is 4.92. The molecular weight excluding hydrogens is 292 g/mol. The molecule has 3 nitrogen and oxygen atoms in total. The lowest BCUT2D eigenvalue weighted by molar-refractivity contribution is 0.0955. The molecule has 0 aliphatic carbocycles. The van der Waals surface area contributed by atoms with Gasteiger partial charge >= 0.3 is 0 Å².